The third-order valence-corrected chi connectivity index (χ3v) is 10.2. The number of halogens is 3. The zero-order valence-corrected chi connectivity index (χ0v) is 28.4. The van der Waals surface area contributed by atoms with Crippen LogP contribution in [0, 0.1) is 5.82 Å². The number of anilines is 2. The number of aromatic nitrogens is 2. The molecule has 254 valence electrons. The van der Waals surface area contributed by atoms with Crippen LogP contribution in [0.25, 0.3) is 22.4 Å². The number of carbonyl (C=O) groups is 2. The quantitative estimate of drug-likeness (QED) is 0.154. The van der Waals surface area contributed by atoms with Crippen LogP contribution in [-0.2, 0) is 22.7 Å². The first-order chi connectivity index (χ1) is 23.7. The van der Waals surface area contributed by atoms with Gasteiger partial charge in [-0.05, 0) is 37.1 Å². The summed E-state index contributed by atoms with van der Waals surface area (Å²) in [5.74, 6) is 0.467. The van der Waals surface area contributed by atoms with Crippen LogP contribution >= 0.6 is 23.2 Å². The predicted octanol–water partition coefficient (Wildman–Crippen LogP) is 5.84. The number of benzene rings is 2. The Morgan fingerprint density at radius 3 is 2.57 bits per heavy atom. The van der Waals surface area contributed by atoms with Gasteiger partial charge in [-0.15, -0.1) is 0 Å². The minimum absolute atomic E-state index is 0.0668. The number of carbonyl (C=O) groups excluding carboxylic acids is 2. The molecule has 0 bridgehead atoms. The number of rotatable bonds is 11. The van der Waals surface area contributed by atoms with Crippen LogP contribution in [0.2, 0.25) is 10.0 Å². The molecule has 3 aliphatic rings. The van der Waals surface area contributed by atoms with Crippen LogP contribution in [-0.4, -0.2) is 65.0 Å². The van der Waals surface area contributed by atoms with E-state index in [0.717, 1.165) is 24.0 Å². The van der Waals surface area contributed by atoms with Crippen molar-refractivity contribution < 1.29 is 18.7 Å². The van der Waals surface area contributed by atoms with Crippen LogP contribution < -0.4 is 26.0 Å². The highest BCUT2D eigenvalue weighted by Crippen LogP contribution is 2.42. The summed E-state index contributed by atoms with van der Waals surface area (Å²) in [6.45, 7) is 3.05. The van der Waals surface area contributed by atoms with Crippen LogP contribution in [0.3, 0.4) is 0 Å². The molecule has 0 radical (unpaired) electrons. The molecule has 5 heterocycles. The Balaban J connectivity index is 1.07. The zero-order valence-electron chi connectivity index (χ0n) is 26.9. The molecule has 1 atom stereocenters. The van der Waals surface area contributed by atoms with Crippen molar-refractivity contribution in [3.05, 3.63) is 87.9 Å². The smallest absolute Gasteiger partial charge is 0.220 e. The summed E-state index contributed by atoms with van der Waals surface area (Å²) in [6, 6.07) is 14.8. The van der Waals surface area contributed by atoms with Gasteiger partial charge in [0.25, 0.3) is 0 Å². The van der Waals surface area contributed by atoms with Crippen molar-refractivity contribution >= 4 is 46.5 Å². The molecule has 0 unspecified atom stereocenters. The normalized spacial score (nSPS) is 18.3. The topological polar surface area (TPSA) is 121 Å². The Kier molecular flexibility index (Phi) is 9.43. The van der Waals surface area contributed by atoms with Crippen molar-refractivity contribution in [3.8, 4) is 28.1 Å². The summed E-state index contributed by atoms with van der Waals surface area (Å²) in [7, 11) is 1.62. The third-order valence-electron chi connectivity index (χ3n) is 9.43. The van der Waals surface area contributed by atoms with E-state index in [0.29, 0.717) is 89.4 Å². The lowest BCUT2D eigenvalue weighted by molar-refractivity contribution is -0.121. The monoisotopic (exact) mass is 703 g/mol. The Hall–Kier alpha value is -4.29. The number of pyridine rings is 2. The molecule has 3 saturated heterocycles. The maximum Gasteiger partial charge on any atom is 0.220 e. The van der Waals surface area contributed by atoms with Crippen molar-refractivity contribution in [1.82, 2.24) is 30.8 Å². The van der Waals surface area contributed by atoms with Crippen LogP contribution in [0.15, 0.2) is 60.9 Å². The van der Waals surface area contributed by atoms with Gasteiger partial charge in [0.15, 0.2) is 11.6 Å². The van der Waals surface area contributed by atoms with E-state index in [1.165, 1.54) is 0 Å². The lowest BCUT2D eigenvalue weighted by Crippen LogP contribution is -2.66. The summed E-state index contributed by atoms with van der Waals surface area (Å²) in [5, 5.41) is 13.3. The molecule has 7 rings (SSSR count). The molecule has 10 nitrogen and oxygen atoms in total. The molecule has 4 N–H and O–H groups in total. The Morgan fingerprint density at radius 1 is 1.00 bits per heavy atom. The molecule has 3 aliphatic heterocycles. The Bertz CT molecular complexity index is 1920. The van der Waals surface area contributed by atoms with Crippen LogP contribution in [0.1, 0.15) is 36.8 Å². The molecule has 2 amide bonds. The second-order valence-corrected chi connectivity index (χ2v) is 13.6. The first-order valence-corrected chi connectivity index (χ1v) is 17.0. The summed E-state index contributed by atoms with van der Waals surface area (Å²) in [5.41, 5.74) is 4.41. The van der Waals surface area contributed by atoms with E-state index in [1.54, 1.807) is 37.7 Å². The fraction of sp³-hybridized carbons (Fsp3) is 0.333. The largest absolute Gasteiger partial charge is 0.496 e. The van der Waals surface area contributed by atoms with Gasteiger partial charge < -0.3 is 26.0 Å². The van der Waals surface area contributed by atoms with Crippen molar-refractivity contribution in [3.63, 3.8) is 0 Å². The van der Waals surface area contributed by atoms with Gasteiger partial charge in [-0.3, -0.25) is 19.5 Å². The van der Waals surface area contributed by atoms with E-state index in [4.69, 9.17) is 27.9 Å². The van der Waals surface area contributed by atoms with Gasteiger partial charge in [0, 0.05) is 91.8 Å². The third kappa shape index (κ3) is 6.94. The van der Waals surface area contributed by atoms with E-state index < -0.39 is 5.82 Å². The zero-order chi connectivity index (χ0) is 34.1. The number of methoxy groups -OCH3 is 1. The first kappa shape index (κ1) is 33.2. The van der Waals surface area contributed by atoms with Crippen LogP contribution in [0.4, 0.5) is 15.9 Å². The van der Waals surface area contributed by atoms with E-state index in [1.807, 2.05) is 30.3 Å². The lowest BCUT2D eigenvalue weighted by Gasteiger charge is -2.48. The maximum absolute atomic E-state index is 15.7. The minimum Gasteiger partial charge on any atom is -0.496 e. The van der Waals surface area contributed by atoms with Gasteiger partial charge >= 0.3 is 0 Å². The number of nitrogens with one attached hydrogen (secondary N) is 4. The number of nitrogens with zero attached hydrogens (tertiary/aromatic N) is 3. The molecule has 49 heavy (non-hydrogen) atoms. The van der Waals surface area contributed by atoms with Gasteiger partial charge in [0.1, 0.15) is 5.75 Å². The average molecular weight is 705 g/mol. The average Bonchev–Trinajstić information content (AvgIpc) is 3.69. The summed E-state index contributed by atoms with van der Waals surface area (Å²) in [6.07, 6.45) is 6.00. The highest BCUT2D eigenvalue weighted by molar-refractivity contribution is 6.39. The highest BCUT2D eigenvalue weighted by Gasteiger charge is 2.47. The number of amides is 2. The van der Waals surface area contributed by atoms with Gasteiger partial charge in [-0.2, -0.15) is 0 Å². The van der Waals surface area contributed by atoms with Gasteiger partial charge in [0.05, 0.1) is 34.1 Å². The molecule has 4 aromatic rings. The molecule has 2 aromatic heterocycles. The van der Waals surface area contributed by atoms with Gasteiger partial charge in [-0.25, -0.2) is 9.37 Å². The SMILES string of the molecule is COc1cc(-c2nccc(-c3cccc(Nc4nccc(CN5CC6(CCC(=O)N6)C5)c4F)c3Cl)c2Cl)ccc1CNC[C@@H]1CCC(=O)N1. The number of hydrogen-bond acceptors (Lipinski definition) is 8. The highest BCUT2D eigenvalue weighted by atomic mass is 35.5. The lowest BCUT2D eigenvalue weighted by atomic mass is 9.88. The standard InChI is InChI=1S/C36H36Cl2FN7O3/c1-49-28-15-21(5-6-22(28)16-40-17-24-7-8-29(47)43-24)34-32(38)26(11-14-41-34)25-3-2-4-27(31(25)37)44-35-33(39)23(10-13-42-35)18-46-19-36(20-46)12-9-30(48)45-36/h2-6,10-11,13-15,24,40H,7-9,12,16-20H2,1H3,(H,42,44)(H,43,47)(H,45,48)/t24-/m0/s1. The van der Waals surface area contributed by atoms with Crippen molar-refractivity contribution in [1.29, 1.82) is 0 Å². The second kappa shape index (κ2) is 13.9. The van der Waals surface area contributed by atoms with E-state index in [-0.39, 0.29) is 29.2 Å². The Labute approximate surface area is 293 Å². The fourth-order valence-corrected chi connectivity index (χ4v) is 7.53. The van der Waals surface area contributed by atoms with E-state index in [9.17, 15) is 9.59 Å². The fourth-order valence-electron chi connectivity index (χ4n) is 6.93. The minimum atomic E-state index is -0.456. The van der Waals surface area contributed by atoms with Crippen LogP contribution in [0.5, 0.6) is 5.75 Å². The van der Waals surface area contributed by atoms with Crippen molar-refractivity contribution in [2.45, 2.75) is 50.4 Å². The number of likely N-dealkylation sites (tertiary alicyclic amines) is 1. The van der Waals surface area contributed by atoms with Crippen molar-refractivity contribution in [2.24, 2.45) is 0 Å². The Morgan fingerprint density at radius 2 is 1.82 bits per heavy atom. The van der Waals surface area contributed by atoms with Crippen molar-refractivity contribution in [2.75, 3.05) is 32.1 Å². The van der Waals surface area contributed by atoms with Gasteiger partial charge in [-0.1, -0.05) is 47.5 Å². The number of ether oxygens (including phenoxy) is 1. The molecule has 13 heteroatoms. The summed E-state index contributed by atoms with van der Waals surface area (Å²) >= 11 is 13.9. The molecule has 1 spiro atoms. The molecular weight excluding hydrogens is 668 g/mol. The van der Waals surface area contributed by atoms with Gasteiger partial charge in [0.2, 0.25) is 11.8 Å². The maximum atomic E-state index is 15.7. The number of hydrogen-bond donors (Lipinski definition) is 4. The predicted molar refractivity (Wildman–Crippen MR) is 187 cm³/mol. The second-order valence-electron chi connectivity index (χ2n) is 12.9. The van der Waals surface area contributed by atoms with E-state index >= 15 is 4.39 Å². The molecular formula is C36H36Cl2FN7O3. The van der Waals surface area contributed by atoms with E-state index in [2.05, 4.69) is 36.1 Å². The first-order valence-electron chi connectivity index (χ1n) is 16.3. The molecule has 0 saturated carbocycles. The molecule has 3 fully saturated rings. The summed E-state index contributed by atoms with van der Waals surface area (Å²) in [4.78, 5) is 34.1. The molecule has 0 aliphatic carbocycles. The molecule has 2 aromatic carbocycles. The summed E-state index contributed by atoms with van der Waals surface area (Å²) < 4.78 is 21.4.